The zero-order valence-corrected chi connectivity index (χ0v) is 16.4. The van der Waals surface area contributed by atoms with Crippen molar-refractivity contribution in [2.45, 2.75) is 32.6 Å². The molecule has 2 N–H and O–H groups in total. The number of hydrogen-bond donors (Lipinski definition) is 1. The number of nitrogens with zero attached hydrogens (tertiary/aromatic N) is 2. The predicted octanol–water partition coefficient (Wildman–Crippen LogP) is 1.66. The number of amides is 3. The van der Waals surface area contributed by atoms with Gasteiger partial charge in [-0.05, 0) is 55.9 Å². The molecule has 1 aromatic carbocycles. The summed E-state index contributed by atoms with van der Waals surface area (Å²) in [4.78, 5) is 40.0. The van der Waals surface area contributed by atoms with Gasteiger partial charge in [-0.3, -0.25) is 14.4 Å². The summed E-state index contributed by atoms with van der Waals surface area (Å²) >= 11 is 0. The van der Waals surface area contributed by atoms with Gasteiger partial charge >= 0.3 is 0 Å². The highest BCUT2D eigenvalue weighted by molar-refractivity contribution is 5.92. The summed E-state index contributed by atoms with van der Waals surface area (Å²) in [5.74, 6) is 0.785. The molecule has 2 heterocycles. The molecule has 0 aromatic heterocycles. The highest BCUT2D eigenvalue weighted by Crippen LogP contribution is 2.24. The standard InChI is InChI=1S/C21H29N3O4/c1-15-3-2-10-24(13-15)21(27)17-8-11-23(12-9-17)19(25)14-28-18-6-4-16(5-7-18)20(22)26/h4-7,15,17H,2-3,8-14H2,1H3,(H2,22,26). The number of likely N-dealkylation sites (tertiary alicyclic amines) is 2. The van der Waals surface area contributed by atoms with Crippen LogP contribution in [-0.4, -0.2) is 60.3 Å². The first-order chi connectivity index (χ1) is 13.4. The molecular weight excluding hydrogens is 358 g/mol. The molecule has 1 unspecified atom stereocenters. The first kappa shape index (κ1) is 20.2. The number of carbonyl (C=O) groups excluding carboxylic acids is 3. The van der Waals surface area contributed by atoms with Gasteiger partial charge in [0.15, 0.2) is 6.61 Å². The van der Waals surface area contributed by atoms with E-state index < -0.39 is 5.91 Å². The molecule has 0 radical (unpaired) electrons. The Morgan fingerprint density at radius 1 is 1.04 bits per heavy atom. The fourth-order valence-electron chi connectivity index (χ4n) is 3.98. The van der Waals surface area contributed by atoms with Crippen LogP contribution in [0.4, 0.5) is 0 Å². The number of benzene rings is 1. The van der Waals surface area contributed by atoms with Gasteiger partial charge < -0.3 is 20.3 Å². The molecule has 28 heavy (non-hydrogen) atoms. The Balaban J connectivity index is 1.43. The smallest absolute Gasteiger partial charge is 0.260 e. The highest BCUT2D eigenvalue weighted by Gasteiger charge is 2.31. The zero-order valence-electron chi connectivity index (χ0n) is 16.4. The first-order valence-electron chi connectivity index (χ1n) is 10.0. The minimum Gasteiger partial charge on any atom is -0.484 e. The molecule has 7 nitrogen and oxygen atoms in total. The molecular formula is C21H29N3O4. The highest BCUT2D eigenvalue weighted by atomic mass is 16.5. The van der Waals surface area contributed by atoms with Crippen molar-refractivity contribution in [2.24, 2.45) is 17.6 Å². The molecule has 2 saturated heterocycles. The van der Waals surface area contributed by atoms with E-state index in [0.717, 1.165) is 19.5 Å². The van der Waals surface area contributed by atoms with Crippen molar-refractivity contribution in [3.63, 3.8) is 0 Å². The van der Waals surface area contributed by atoms with E-state index in [1.54, 1.807) is 29.2 Å². The third-order valence-corrected chi connectivity index (χ3v) is 5.67. The number of hydrogen-bond acceptors (Lipinski definition) is 4. The zero-order chi connectivity index (χ0) is 20.1. The van der Waals surface area contributed by atoms with Crippen LogP contribution in [0, 0.1) is 11.8 Å². The second kappa shape index (κ2) is 9.08. The van der Waals surface area contributed by atoms with Gasteiger partial charge in [0.1, 0.15) is 5.75 Å². The Kier molecular flexibility index (Phi) is 6.54. The van der Waals surface area contributed by atoms with Crippen molar-refractivity contribution in [1.29, 1.82) is 0 Å². The fourth-order valence-corrected chi connectivity index (χ4v) is 3.98. The summed E-state index contributed by atoms with van der Waals surface area (Å²) in [6.07, 6.45) is 3.70. The number of nitrogens with two attached hydrogens (primary N) is 1. The summed E-state index contributed by atoms with van der Waals surface area (Å²) in [5.41, 5.74) is 5.60. The molecule has 2 fully saturated rings. The molecule has 1 aromatic rings. The predicted molar refractivity (Wildman–Crippen MR) is 105 cm³/mol. The quantitative estimate of drug-likeness (QED) is 0.832. The van der Waals surface area contributed by atoms with Gasteiger partial charge in [0.25, 0.3) is 5.91 Å². The summed E-state index contributed by atoms with van der Waals surface area (Å²) in [6, 6.07) is 6.39. The van der Waals surface area contributed by atoms with E-state index in [4.69, 9.17) is 10.5 Å². The molecule has 2 aliphatic heterocycles. The molecule has 0 saturated carbocycles. The van der Waals surface area contributed by atoms with Crippen LogP contribution in [0.25, 0.3) is 0 Å². The van der Waals surface area contributed by atoms with Gasteiger partial charge in [-0.2, -0.15) is 0 Å². The molecule has 3 rings (SSSR count). The summed E-state index contributed by atoms with van der Waals surface area (Å²) in [7, 11) is 0. The maximum atomic E-state index is 12.7. The van der Waals surface area contributed by atoms with E-state index in [9.17, 15) is 14.4 Å². The van der Waals surface area contributed by atoms with E-state index in [1.807, 2.05) is 4.90 Å². The van der Waals surface area contributed by atoms with Crippen molar-refractivity contribution in [2.75, 3.05) is 32.8 Å². The Morgan fingerprint density at radius 2 is 1.71 bits per heavy atom. The minimum absolute atomic E-state index is 0.0246. The van der Waals surface area contributed by atoms with Crippen LogP contribution in [0.5, 0.6) is 5.75 Å². The van der Waals surface area contributed by atoms with Crippen molar-refractivity contribution >= 4 is 17.7 Å². The van der Waals surface area contributed by atoms with Crippen LogP contribution < -0.4 is 10.5 Å². The molecule has 0 aliphatic carbocycles. The van der Waals surface area contributed by atoms with E-state index in [1.165, 1.54) is 6.42 Å². The van der Waals surface area contributed by atoms with Gasteiger partial charge in [0.05, 0.1) is 0 Å². The van der Waals surface area contributed by atoms with Gasteiger partial charge in [0, 0.05) is 37.7 Å². The lowest BCUT2D eigenvalue weighted by molar-refractivity contribution is -0.142. The summed E-state index contributed by atoms with van der Waals surface area (Å²) in [5, 5.41) is 0. The van der Waals surface area contributed by atoms with E-state index in [-0.39, 0.29) is 24.3 Å². The molecule has 152 valence electrons. The van der Waals surface area contributed by atoms with Crippen LogP contribution in [0.1, 0.15) is 43.0 Å². The Bertz CT molecular complexity index is 711. The monoisotopic (exact) mass is 387 g/mol. The third-order valence-electron chi connectivity index (χ3n) is 5.67. The maximum absolute atomic E-state index is 12.7. The topological polar surface area (TPSA) is 92.9 Å². The Hall–Kier alpha value is -2.57. The van der Waals surface area contributed by atoms with Crippen LogP contribution in [0.15, 0.2) is 24.3 Å². The average molecular weight is 387 g/mol. The molecule has 2 aliphatic rings. The van der Waals surface area contributed by atoms with Gasteiger partial charge in [-0.1, -0.05) is 6.92 Å². The van der Waals surface area contributed by atoms with Crippen molar-refractivity contribution in [1.82, 2.24) is 9.80 Å². The lowest BCUT2D eigenvalue weighted by Crippen LogP contribution is -2.47. The SMILES string of the molecule is CC1CCCN(C(=O)C2CCN(C(=O)COc3ccc(C(N)=O)cc3)CC2)C1. The molecule has 3 amide bonds. The largest absolute Gasteiger partial charge is 0.484 e. The van der Waals surface area contributed by atoms with E-state index in [0.29, 0.717) is 43.2 Å². The first-order valence-corrected chi connectivity index (χ1v) is 10.0. The van der Waals surface area contributed by atoms with Crippen LogP contribution in [0.3, 0.4) is 0 Å². The molecule has 0 bridgehead atoms. The number of ether oxygens (including phenoxy) is 1. The Morgan fingerprint density at radius 3 is 2.32 bits per heavy atom. The fraction of sp³-hybridized carbons (Fsp3) is 0.571. The van der Waals surface area contributed by atoms with Crippen molar-refractivity contribution in [3.8, 4) is 5.75 Å². The third kappa shape index (κ3) is 5.03. The number of piperidine rings is 2. The normalized spacial score (nSPS) is 20.7. The summed E-state index contributed by atoms with van der Waals surface area (Å²) < 4.78 is 5.52. The minimum atomic E-state index is -0.501. The van der Waals surface area contributed by atoms with Crippen LogP contribution in [-0.2, 0) is 9.59 Å². The lowest BCUT2D eigenvalue weighted by atomic mass is 9.93. The van der Waals surface area contributed by atoms with Crippen molar-refractivity contribution in [3.05, 3.63) is 29.8 Å². The average Bonchev–Trinajstić information content (AvgIpc) is 2.72. The van der Waals surface area contributed by atoms with E-state index in [2.05, 4.69) is 6.92 Å². The lowest BCUT2D eigenvalue weighted by Gasteiger charge is -2.37. The Labute approximate surface area is 165 Å². The maximum Gasteiger partial charge on any atom is 0.260 e. The molecule has 7 heteroatoms. The number of carbonyl (C=O) groups is 3. The van der Waals surface area contributed by atoms with Gasteiger partial charge in [-0.15, -0.1) is 0 Å². The van der Waals surface area contributed by atoms with Crippen molar-refractivity contribution < 1.29 is 19.1 Å². The second-order valence-corrected chi connectivity index (χ2v) is 7.86. The number of primary amides is 1. The molecule has 0 spiro atoms. The second-order valence-electron chi connectivity index (χ2n) is 7.86. The van der Waals surface area contributed by atoms with Gasteiger partial charge in [0.2, 0.25) is 11.8 Å². The van der Waals surface area contributed by atoms with E-state index >= 15 is 0 Å². The van der Waals surface area contributed by atoms with Crippen LogP contribution >= 0.6 is 0 Å². The van der Waals surface area contributed by atoms with Crippen LogP contribution in [0.2, 0.25) is 0 Å². The molecule has 1 atom stereocenters. The summed E-state index contributed by atoms with van der Waals surface area (Å²) in [6.45, 7) is 5.04. The number of rotatable bonds is 5. The van der Waals surface area contributed by atoms with Gasteiger partial charge in [-0.25, -0.2) is 0 Å².